The Kier molecular flexibility index (Phi) is 4.15. The summed E-state index contributed by atoms with van der Waals surface area (Å²) in [6, 6.07) is 7.85. The van der Waals surface area contributed by atoms with Gasteiger partial charge < -0.3 is 16.0 Å². The number of benzene rings is 1. The number of rotatable bonds is 6. The number of nitrogens with zero attached hydrogens (tertiary/aromatic N) is 1. The van der Waals surface area contributed by atoms with Crippen LogP contribution in [0.4, 0.5) is 10.5 Å². The van der Waals surface area contributed by atoms with E-state index in [1.165, 1.54) is 25.7 Å². The summed E-state index contributed by atoms with van der Waals surface area (Å²) in [7, 11) is 0. The fourth-order valence-electron chi connectivity index (χ4n) is 2.57. The summed E-state index contributed by atoms with van der Waals surface area (Å²) in [4.78, 5) is 14.5. The summed E-state index contributed by atoms with van der Waals surface area (Å²) in [5.74, 6) is 1.45. The molecule has 2 fully saturated rings. The van der Waals surface area contributed by atoms with Crippen LogP contribution >= 0.6 is 0 Å². The first-order valence-corrected chi connectivity index (χ1v) is 8.03. The fourth-order valence-corrected chi connectivity index (χ4v) is 2.57. The van der Waals surface area contributed by atoms with E-state index >= 15 is 0 Å². The lowest BCUT2D eigenvalue weighted by Crippen LogP contribution is -2.38. The summed E-state index contributed by atoms with van der Waals surface area (Å²) in [5, 5.41) is 3.04. The van der Waals surface area contributed by atoms with Crippen LogP contribution in [0.5, 0.6) is 0 Å². The van der Waals surface area contributed by atoms with Crippen LogP contribution in [0.1, 0.15) is 44.2 Å². The van der Waals surface area contributed by atoms with E-state index in [1.807, 2.05) is 36.1 Å². The van der Waals surface area contributed by atoms with Gasteiger partial charge in [0.1, 0.15) is 0 Å². The van der Waals surface area contributed by atoms with Gasteiger partial charge in [0.2, 0.25) is 0 Å². The van der Waals surface area contributed by atoms with Crippen molar-refractivity contribution in [2.75, 3.05) is 18.4 Å². The van der Waals surface area contributed by atoms with E-state index in [1.54, 1.807) is 0 Å². The molecule has 2 amide bonds. The molecule has 4 nitrogen and oxygen atoms in total. The van der Waals surface area contributed by atoms with E-state index in [4.69, 9.17) is 5.73 Å². The van der Waals surface area contributed by atoms with Crippen molar-refractivity contribution in [2.45, 2.75) is 38.6 Å². The second kappa shape index (κ2) is 6.06. The van der Waals surface area contributed by atoms with E-state index in [0.29, 0.717) is 0 Å². The molecule has 0 spiro atoms. The minimum atomic E-state index is -0.0177. The van der Waals surface area contributed by atoms with Crippen LogP contribution in [-0.4, -0.2) is 24.0 Å². The molecule has 0 aromatic heterocycles. The van der Waals surface area contributed by atoms with Crippen LogP contribution in [0.25, 0.3) is 0 Å². The molecule has 21 heavy (non-hydrogen) atoms. The Hall–Kier alpha value is -1.55. The molecule has 2 saturated carbocycles. The maximum atomic E-state index is 12.5. The van der Waals surface area contributed by atoms with Crippen LogP contribution in [-0.2, 0) is 0 Å². The van der Waals surface area contributed by atoms with E-state index < -0.39 is 0 Å². The van der Waals surface area contributed by atoms with Crippen molar-refractivity contribution in [1.82, 2.24) is 4.90 Å². The predicted octanol–water partition coefficient (Wildman–Crippen LogP) is 3.36. The molecule has 2 aliphatic rings. The smallest absolute Gasteiger partial charge is 0.321 e. The molecule has 1 unspecified atom stereocenters. The van der Waals surface area contributed by atoms with Crippen molar-refractivity contribution in [1.29, 1.82) is 0 Å². The summed E-state index contributed by atoms with van der Waals surface area (Å²) >= 11 is 0. The number of nitrogens with two attached hydrogens (primary N) is 1. The Balaban J connectivity index is 1.63. The van der Waals surface area contributed by atoms with Gasteiger partial charge in [0.05, 0.1) is 0 Å². The quantitative estimate of drug-likeness (QED) is 0.843. The van der Waals surface area contributed by atoms with Crippen molar-refractivity contribution in [3.8, 4) is 0 Å². The highest BCUT2D eigenvalue weighted by Gasteiger charge is 2.31. The fraction of sp³-hybridized carbons (Fsp3) is 0.588. The SMILES string of the molecule is CC(N)c1cccc(NC(=O)N(CC2CC2)CC2CC2)c1. The molecule has 0 radical (unpaired) electrons. The third kappa shape index (κ3) is 4.21. The first-order chi connectivity index (χ1) is 10.1. The van der Waals surface area contributed by atoms with E-state index in [2.05, 4.69) is 5.32 Å². The lowest BCUT2D eigenvalue weighted by Gasteiger charge is -2.23. The van der Waals surface area contributed by atoms with Gasteiger partial charge in [-0.25, -0.2) is 4.79 Å². The Morgan fingerprint density at radius 3 is 2.43 bits per heavy atom. The molecule has 0 saturated heterocycles. The average molecular weight is 287 g/mol. The predicted molar refractivity (Wildman–Crippen MR) is 85.1 cm³/mol. The van der Waals surface area contributed by atoms with Gasteiger partial charge in [-0.1, -0.05) is 12.1 Å². The zero-order valence-corrected chi connectivity index (χ0v) is 12.7. The van der Waals surface area contributed by atoms with Crippen LogP contribution in [0.15, 0.2) is 24.3 Å². The van der Waals surface area contributed by atoms with Gasteiger partial charge in [0.25, 0.3) is 0 Å². The lowest BCUT2D eigenvalue weighted by molar-refractivity contribution is 0.206. The topological polar surface area (TPSA) is 58.4 Å². The maximum absolute atomic E-state index is 12.5. The van der Waals surface area contributed by atoms with Crippen molar-refractivity contribution in [3.05, 3.63) is 29.8 Å². The maximum Gasteiger partial charge on any atom is 0.321 e. The summed E-state index contributed by atoms with van der Waals surface area (Å²) < 4.78 is 0. The highest BCUT2D eigenvalue weighted by Crippen LogP contribution is 2.34. The minimum Gasteiger partial charge on any atom is -0.324 e. The first kappa shape index (κ1) is 14.4. The zero-order valence-electron chi connectivity index (χ0n) is 12.7. The van der Waals surface area contributed by atoms with Gasteiger partial charge >= 0.3 is 6.03 Å². The highest BCUT2D eigenvalue weighted by molar-refractivity contribution is 5.89. The molecule has 1 aromatic carbocycles. The van der Waals surface area contributed by atoms with Crippen molar-refractivity contribution in [2.24, 2.45) is 17.6 Å². The molecule has 3 N–H and O–H groups in total. The van der Waals surface area contributed by atoms with E-state index in [9.17, 15) is 4.79 Å². The summed E-state index contributed by atoms with van der Waals surface area (Å²) in [5.41, 5.74) is 7.78. The first-order valence-electron chi connectivity index (χ1n) is 8.03. The van der Waals surface area contributed by atoms with Crippen molar-refractivity contribution >= 4 is 11.7 Å². The van der Waals surface area contributed by atoms with Crippen LogP contribution < -0.4 is 11.1 Å². The molecule has 1 aromatic rings. The van der Waals surface area contributed by atoms with Gasteiger partial charge in [-0.15, -0.1) is 0 Å². The third-order valence-corrected chi connectivity index (χ3v) is 4.30. The average Bonchev–Trinajstić information content (AvgIpc) is 3.33. The van der Waals surface area contributed by atoms with Gasteiger partial charge in [0.15, 0.2) is 0 Å². The van der Waals surface area contributed by atoms with E-state index in [-0.39, 0.29) is 12.1 Å². The number of anilines is 1. The van der Waals surface area contributed by atoms with Gasteiger partial charge in [-0.3, -0.25) is 0 Å². The molecule has 4 heteroatoms. The number of amides is 2. The molecular weight excluding hydrogens is 262 g/mol. The second-order valence-corrected chi connectivity index (χ2v) is 6.64. The number of urea groups is 1. The normalized spacial score (nSPS) is 19.1. The number of hydrogen-bond donors (Lipinski definition) is 2. The Morgan fingerprint density at radius 2 is 1.90 bits per heavy atom. The standard InChI is InChI=1S/C17H25N3O/c1-12(18)15-3-2-4-16(9-15)19-17(21)20(10-13-5-6-13)11-14-7-8-14/h2-4,9,12-14H,5-8,10-11,18H2,1H3,(H,19,21). The highest BCUT2D eigenvalue weighted by atomic mass is 16.2. The third-order valence-electron chi connectivity index (χ3n) is 4.30. The number of carbonyl (C=O) groups excluding carboxylic acids is 1. The molecule has 0 heterocycles. The van der Waals surface area contributed by atoms with Crippen molar-refractivity contribution in [3.63, 3.8) is 0 Å². The van der Waals surface area contributed by atoms with Crippen LogP contribution in [0, 0.1) is 11.8 Å². The van der Waals surface area contributed by atoms with Crippen LogP contribution in [0.2, 0.25) is 0 Å². The van der Waals surface area contributed by atoms with Gasteiger partial charge in [-0.2, -0.15) is 0 Å². The number of hydrogen-bond acceptors (Lipinski definition) is 2. The van der Waals surface area contributed by atoms with Gasteiger partial charge in [-0.05, 0) is 62.1 Å². The Bertz CT molecular complexity index is 493. The summed E-state index contributed by atoms with van der Waals surface area (Å²) in [6.45, 7) is 3.78. The van der Waals surface area contributed by atoms with E-state index in [0.717, 1.165) is 36.2 Å². The van der Waals surface area contributed by atoms with Crippen LogP contribution in [0.3, 0.4) is 0 Å². The second-order valence-electron chi connectivity index (χ2n) is 6.64. The molecule has 114 valence electrons. The number of nitrogens with one attached hydrogen (secondary N) is 1. The Labute approximate surface area is 126 Å². The number of carbonyl (C=O) groups is 1. The summed E-state index contributed by atoms with van der Waals surface area (Å²) in [6.07, 6.45) is 5.09. The molecular formula is C17H25N3O. The molecule has 2 aliphatic carbocycles. The molecule has 1 atom stereocenters. The largest absolute Gasteiger partial charge is 0.324 e. The van der Waals surface area contributed by atoms with Crippen molar-refractivity contribution < 1.29 is 4.79 Å². The zero-order chi connectivity index (χ0) is 14.8. The molecule has 0 aliphatic heterocycles. The van der Waals surface area contributed by atoms with Gasteiger partial charge in [0, 0.05) is 24.8 Å². The lowest BCUT2D eigenvalue weighted by atomic mass is 10.1. The molecule has 0 bridgehead atoms. The monoisotopic (exact) mass is 287 g/mol. The Morgan fingerprint density at radius 1 is 1.29 bits per heavy atom. The molecule has 3 rings (SSSR count). The minimum absolute atomic E-state index is 0.0177.